The van der Waals surface area contributed by atoms with E-state index in [2.05, 4.69) is 29.3 Å². The molecule has 1 unspecified atom stereocenters. The lowest BCUT2D eigenvalue weighted by atomic mass is 10.00. The SMILES string of the molecule is CCC1CCCCN1C(=O)c1nnc(CCc2ccccc2)o1. The van der Waals surface area contributed by atoms with Crippen molar-refractivity contribution in [3.8, 4) is 0 Å². The van der Waals surface area contributed by atoms with Gasteiger partial charge in [-0.15, -0.1) is 10.2 Å². The van der Waals surface area contributed by atoms with Crippen LogP contribution in [0.1, 0.15) is 54.7 Å². The molecule has 1 fully saturated rings. The number of aromatic nitrogens is 2. The summed E-state index contributed by atoms with van der Waals surface area (Å²) in [6.45, 7) is 2.91. The van der Waals surface area contributed by atoms with E-state index in [4.69, 9.17) is 4.42 Å². The predicted molar refractivity (Wildman–Crippen MR) is 87.1 cm³/mol. The number of hydrogen-bond donors (Lipinski definition) is 0. The first-order chi connectivity index (χ1) is 11.3. The van der Waals surface area contributed by atoms with Crippen molar-refractivity contribution in [1.29, 1.82) is 0 Å². The van der Waals surface area contributed by atoms with Crippen LogP contribution in [0.15, 0.2) is 34.7 Å². The highest BCUT2D eigenvalue weighted by atomic mass is 16.4. The van der Waals surface area contributed by atoms with Gasteiger partial charge >= 0.3 is 11.8 Å². The third-order valence-electron chi connectivity index (χ3n) is 4.48. The molecule has 1 saturated heterocycles. The van der Waals surface area contributed by atoms with Crippen LogP contribution in [0.4, 0.5) is 0 Å². The minimum Gasteiger partial charge on any atom is -0.417 e. The van der Waals surface area contributed by atoms with Gasteiger partial charge in [0, 0.05) is 19.0 Å². The zero-order chi connectivity index (χ0) is 16.1. The van der Waals surface area contributed by atoms with Crippen molar-refractivity contribution in [2.24, 2.45) is 0 Å². The van der Waals surface area contributed by atoms with Crippen molar-refractivity contribution in [2.45, 2.75) is 51.5 Å². The second-order valence-corrected chi connectivity index (χ2v) is 6.04. The maximum absolute atomic E-state index is 12.6. The molecule has 5 nitrogen and oxygen atoms in total. The number of benzene rings is 1. The maximum Gasteiger partial charge on any atom is 0.311 e. The van der Waals surface area contributed by atoms with Gasteiger partial charge in [0.1, 0.15) is 0 Å². The molecule has 1 atom stereocenters. The number of amides is 1. The summed E-state index contributed by atoms with van der Waals surface area (Å²) in [6.07, 6.45) is 5.77. The highest BCUT2D eigenvalue weighted by Gasteiger charge is 2.29. The quantitative estimate of drug-likeness (QED) is 0.850. The van der Waals surface area contributed by atoms with Gasteiger partial charge in [0.05, 0.1) is 0 Å². The first kappa shape index (κ1) is 15.7. The average molecular weight is 313 g/mol. The van der Waals surface area contributed by atoms with Crippen LogP contribution in [-0.2, 0) is 12.8 Å². The van der Waals surface area contributed by atoms with Crippen LogP contribution in [0.5, 0.6) is 0 Å². The fraction of sp³-hybridized carbons (Fsp3) is 0.500. The summed E-state index contributed by atoms with van der Waals surface area (Å²) in [5.41, 5.74) is 1.22. The van der Waals surface area contributed by atoms with Crippen molar-refractivity contribution in [3.05, 3.63) is 47.7 Å². The van der Waals surface area contributed by atoms with Gasteiger partial charge in [-0.25, -0.2) is 0 Å². The van der Waals surface area contributed by atoms with Crippen molar-refractivity contribution in [3.63, 3.8) is 0 Å². The molecule has 1 aliphatic rings. The number of carbonyl (C=O) groups is 1. The number of carbonyl (C=O) groups excluding carboxylic acids is 1. The van der Waals surface area contributed by atoms with E-state index in [9.17, 15) is 4.79 Å². The number of nitrogens with zero attached hydrogens (tertiary/aromatic N) is 3. The molecule has 0 aliphatic carbocycles. The third kappa shape index (κ3) is 3.78. The Morgan fingerprint density at radius 3 is 2.83 bits per heavy atom. The van der Waals surface area contributed by atoms with Crippen LogP contribution in [0.2, 0.25) is 0 Å². The molecule has 3 rings (SSSR count). The fourth-order valence-corrected chi connectivity index (χ4v) is 3.15. The minimum absolute atomic E-state index is 0.116. The molecular weight excluding hydrogens is 290 g/mol. The van der Waals surface area contributed by atoms with E-state index in [-0.39, 0.29) is 11.8 Å². The molecule has 0 saturated carbocycles. The van der Waals surface area contributed by atoms with Crippen LogP contribution >= 0.6 is 0 Å². The number of piperidine rings is 1. The van der Waals surface area contributed by atoms with Gasteiger partial charge < -0.3 is 9.32 Å². The molecule has 122 valence electrons. The highest BCUT2D eigenvalue weighted by molar-refractivity contribution is 5.89. The Hall–Kier alpha value is -2.17. The molecule has 5 heteroatoms. The van der Waals surface area contributed by atoms with E-state index in [1.165, 1.54) is 12.0 Å². The van der Waals surface area contributed by atoms with E-state index in [0.29, 0.717) is 18.4 Å². The van der Waals surface area contributed by atoms with E-state index < -0.39 is 0 Å². The lowest BCUT2D eigenvalue weighted by Crippen LogP contribution is -2.43. The van der Waals surface area contributed by atoms with E-state index in [1.807, 2.05) is 23.1 Å². The third-order valence-corrected chi connectivity index (χ3v) is 4.48. The van der Waals surface area contributed by atoms with Crippen LogP contribution < -0.4 is 0 Å². The Bertz CT molecular complexity index is 639. The zero-order valence-corrected chi connectivity index (χ0v) is 13.6. The Balaban J connectivity index is 1.63. The number of rotatable bonds is 5. The maximum atomic E-state index is 12.6. The Labute approximate surface area is 136 Å². The molecule has 0 spiro atoms. The standard InChI is InChI=1S/C18H23N3O2/c1-2-15-10-6-7-13-21(15)18(22)17-20-19-16(23-17)12-11-14-8-4-3-5-9-14/h3-5,8-9,15H,2,6-7,10-13H2,1H3. The second-order valence-electron chi connectivity index (χ2n) is 6.04. The molecule has 2 aromatic rings. The van der Waals surface area contributed by atoms with Crippen molar-refractivity contribution in [2.75, 3.05) is 6.54 Å². The summed E-state index contributed by atoms with van der Waals surface area (Å²) >= 11 is 0. The Kier molecular flexibility index (Phi) is 5.05. The first-order valence-electron chi connectivity index (χ1n) is 8.45. The van der Waals surface area contributed by atoms with Gasteiger partial charge in [-0.05, 0) is 37.7 Å². The molecule has 1 amide bonds. The van der Waals surface area contributed by atoms with Crippen molar-refractivity contribution < 1.29 is 9.21 Å². The summed E-state index contributed by atoms with van der Waals surface area (Å²) in [7, 11) is 0. The predicted octanol–water partition coefficient (Wildman–Crippen LogP) is 3.26. The normalized spacial score (nSPS) is 18.1. The molecule has 23 heavy (non-hydrogen) atoms. The molecule has 1 aliphatic heterocycles. The Morgan fingerprint density at radius 1 is 1.22 bits per heavy atom. The molecule has 1 aromatic heterocycles. The van der Waals surface area contributed by atoms with Crippen LogP contribution in [0.25, 0.3) is 0 Å². The number of hydrogen-bond acceptors (Lipinski definition) is 4. The van der Waals surface area contributed by atoms with E-state index in [1.54, 1.807) is 0 Å². The Morgan fingerprint density at radius 2 is 2.04 bits per heavy atom. The molecule has 0 N–H and O–H groups in total. The molecular formula is C18H23N3O2. The minimum atomic E-state index is -0.116. The summed E-state index contributed by atoms with van der Waals surface area (Å²) < 4.78 is 5.60. The summed E-state index contributed by atoms with van der Waals surface area (Å²) in [4.78, 5) is 14.5. The highest BCUT2D eigenvalue weighted by Crippen LogP contribution is 2.21. The van der Waals surface area contributed by atoms with Crippen molar-refractivity contribution >= 4 is 5.91 Å². The monoisotopic (exact) mass is 313 g/mol. The van der Waals surface area contributed by atoms with E-state index >= 15 is 0 Å². The second kappa shape index (κ2) is 7.40. The van der Waals surface area contributed by atoms with Crippen molar-refractivity contribution in [1.82, 2.24) is 15.1 Å². The summed E-state index contributed by atoms with van der Waals surface area (Å²) in [5.74, 6) is 0.547. The van der Waals surface area contributed by atoms with Gasteiger partial charge in [-0.2, -0.15) is 0 Å². The topological polar surface area (TPSA) is 59.2 Å². The number of likely N-dealkylation sites (tertiary alicyclic amines) is 1. The van der Waals surface area contributed by atoms with Gasteiger partial charge in [0.2, 0.25) is 5.89 Å². The van der Waals surface area contributed by atoms with Gasteiger partial charge in [0.15, 0.2) is 0 Å². The van der Waals surface area contributed by atoms with E-state index in [0.717, 1.165) is 32.2 Å². The smallest absolute Gasteiger partial charge is 0.311 e. The lowest BCUT2D eigenvalue weighted by Gasteiger charge is -2.34. The molecule has 0 radical (unpaired) electrons. The first-order valence-corrected chi connectivity index (χ1v) is 8.45. The fourth-order valence-electron chi connectivity index (χ4n) is 3.15. The molecule has 2 heterocycles. The molecule has 0 bridgehead atoms. The summed E-state index contributed by atoms with van der Waals surface area (Å²) in [6, 6.07) is 10.5. The van der Waals surface area contributed by atoms with Gasteiger partial charge in [0.25, 0.3) is 0 Å². The largest absolute Gasteiger partial charge is 0.417 e. The van der Waals surface area contributed by atoms with Gasteiger partial charge in [-0.1, -0.05) is 37.3 Å². The lowest BCUT2D eigenvalue weighted by molar-refractivity contribution is 0.0565. The zero-order valence-electron chi connectivity index (χ0n) is 13.6. The van der Waals surface area contributed by atoms with Gasteiger partial charge in [-0.3, -0.25) is 4.79 Å². The summed E-state index contributed by atoms with van der Waals surface area (Å²) in [5, 5.41) is 8.00. The van der Waals surface area contributed by atoms with Crippen LogP contribution in [0, 0.1) is 0 Å². The molecule has 1 aromatic carbocycles. The van der Waals surface area contributed by atoms with Crippen LogP contribution in [0.3, 0.4) is 0 Å². The number of aryl methyl sites for hydroxylation is 2. The van der Waals surface area contributed by atoms with Crippen LogP contribution in [-0.4, -0.2) is 33.6 Å². The average Bonchev–Trinajstić information content (AvgIpc) is 3.09.